The van der Waals surface area contributed by atoms with E-state index in [0.29, 0.717) is 17.0 Å². The number of ether oxygens (including phenoxy) is 3. The van der Waals surface area contributed by atoms with Crippen LogP contribution in [-0.4, -0.2) is 37.6 Å². The summed E-state index contributed by atoms with van der Waals surface area (Å²) in [5, 5.41) is 1.18. The number of carbonyl (C=O) groups is 3. The van der Waals surface area contributed by atoms with E-state index in [9.17, 15) is 14.4 Å². The number of methoxy groups -OCH3 is 1. The number of carbonyl (C=O) groups excluding carboxylic acids is 3. The number of hydrogen-bond donors (Lipinski definition) is 1. The molecule has 2 aromatic carbocycles. The molecule has 3 rings (SSSR count). The van der Waals surface area contributed by atoms with Gasteiger partial charge < -0.3 is 14.2 Å². The van der Waals surface area contributed by atoms with Crippen LogP contribution in [0.1, 0.15) is 19.4 Å². The average molecular weight is 410 g/mol. The Morgan fingerprint density at radius 1 is 1.10 bits per heavy atom. The lowest BCUT2D eigenvalue weighted by Gasteiger charge is -2.14. The summed E-state index contributed by atoms with van der Waals surface area (Å²) in [4.78, 5) is 37.1. The molecule has 0 saturated carbocycles. The van der Waals surface area contributed by atoms with Crippen LogP contribution in [0.3, 0.4) is 0 Å². The Labute approximate surface area is 174 Å². The number of benzene rings is 2. The third-order valence-electron chi connectivity index (χ3n) is 4.14. The quantitative estimate of drug-likeness (QED) is 0.428. The first kappa shape index (κ1) is 20.9. The van der Waals surface area contributed by atoms with E-state index in [-0.39, 0.29) is 24.0 Å². The minimum Gasteiger partial charge on any atom is -0.493 e. The molecule has 156 valence electrons. The van der Waals surface area contributed by atoms with Gasteiger partial charge in [-0.2, -0.15) is 0 Å². The molecule has 30 heavy (non-hydrogen) atoms. The van der Waals surface area contributed by atoms with Crippen molar-refractivity contribution in [2.45, 2.75) is 20.0 Å². The smallest absolute Gasteiger partial charge is 0.344 e. The number of hydrogen-bond acceptors (Lipinski definition) is 6. The molecule has 2 aromatic rings. The van der Waals surface area contributed by atoms with Crippen molar-refractivity contribution in [2.75, 3.05) is 18.7 Å². The molecule has 0 spiro atoms. The van der Waals surface area contributed by atoms with Crippen LogP contribution in [-0.2, 0) is 19.1 Å². The second-order valence-corrected chi connectivity index (χ2v) is 6.68. The van der Waals surface area contributed by atoms with Gasteiger partial charge in [0.25, 0.3) is 11.8 Å². The molecule has 0 bridgehead atoms. The second-order valence-electron chi connectivity index (χ2n) is 6.68. The molecule has 1 N–H and O–H groups in total. The third-order valence-corrected chi connectivity index (χ3v) is 4.14. The Morgan fingerprint density at radius 3 is 2.50 bits per heavy atom. The largest absolute Gasteiger partial charge is 0.493 e. The van der Waals surface area contributed by atoms with Crippen LogP contribution in [0.2, 0.25) is 0 Å². The number of rotatable bonds is 7. The summed E-state index contributed by atoms with van der Waals surface area (Å²) in [6.07, 6.45) is 1.14. The number of esters is 1. The lowest BCUT2D eigenvalue weighted by atomic mass is 10.1. The fraction of sp³-hybridized carbons (Fsp3) is 0.227. The average Bonchev–Trinajstić information content (AvgIpc) is 3.01. The molecule has 0 radical (unpaired) electrons. The van der Waals surface area contributed by atoms with Crippen molar-refractivity contribution in [3.05, 3.63) is 59.7 Å². The highest BCUT2D eigenvalue weighted by molar-refractivity contribution is 6.31. The molecular formula is C22H22N2O6. The summed E-state index contributed by atoms with van der Waals surface area (Å²) >= 11 is 0. The van der Waals surface area contributed by atoms with Crippen molar-refractivity contribution in [2.24, 2.45) is 0 Å². The molecule has 8 nitrogen and oxygen atoms in total. The van der Waals surface area contributed by atoms with Crippen molar-refractivity contribution < 1.29 is 28.6 Å². The fourth-order valence-electron chi connectivity index (χ4n) is 2.86. The minimum atomic E-state index is -0.545. The number of nitrogens with one attached hydrogen (secondary N) is 1. The Kier molecular flexibility index (Phi) is 6.36. The zero-order chi connectivity index (χ0) is 21.7. The summed E-state index contributed by atoms with van der Waals surface area (Å²) in [7, 11) is 1.45. The molecule has 0 unspecified atom stereocenters. The van der Waals surface area contributed by atoms with Gasteiger partial charge in [0.1, 0.15) is 5.57 Å². The van der Waals surface area contributed by atoms with Crippen molar-refractivity contribution in [1.29, 1.82) is 0 Å². The molecule has 1 saturated heterocycles. The first-order valence-corrected chi connectivity index (χ1v) is 9.32. The molecule has 0 aromatic heterocycles. The molecular weight excluding hydrogens is 388 g/mol. The second kappa shape index (κ2) is 9.13. The van der Waals surface area contributed by atoms with Crippen LogP contribution in [0.25, 0.3) is 6.08 Å². The van der Waals surface area contributed by atoms with E-state index in [2.05, 4.69) is 5.43 Å². The van der Waals surface area contributed by atoms with Gasteiger partial charge in [0.15, 0.2) is 18.1 Å². The predicted molar refractivity (Wildman–Crippen MR) is 110 cm³/mol. The van der Waals surface area contributed by atoms with E-state index in [1.165, 1.54) is 18.2 Å². The Morgan fingerprint density at radius 2 is 1.83 bits per heavy atom. The van der Waals surface area contributed by atoms with Crippen molar-refractivity contribution in [3.8, 4) is 11.5 Å². The van der Waals surface area contributed by atoms with E-state index in [0.717, 1.165) is 0 Å². The van der Waals surface area contributed by atoms with Gasteiger partial charge in [-0.25, -0.2) is 9.80 Å². The molecule has 1 aliphatic heterocycles. The predicted octanol–water partition coefficient (Wildman–Crippen LogP) is 2.49. The summed E-state index contributed by atoms with van der Waals surface area (Å²) in [5.41, 5.74) is 3.43. The zero-order valence-corrected chi connectivity index (χ0v) is 16.9. The van der Waals surface area contributed by atoms with Gasteiger partial charge in [-0.05, 0) is 38.1 Å². The van der Waals surface area contributed by atoms with Crippen molar-refractivity contribution >= 4 is 29.5 Å². The van der Waals surface area contributed by atoms with Gasteiger partial charge >= 0.3 is 5.97 Å². The normalized spacial score (nSPS) is 14.8. The number of amides is 2. The van der Waals surface area contributed by atoms with Crippen molar-refractivity contribution in [3.63, 3.8) is 0 Å². The van der Waals surface area contributed by atoms with E-state index in [4.69, 9.17) is 14.2 Å². The maximum absolute atomic E-state index is 12.8. The fourth-order valence-corrected chi connectivity index (χ4v) is 2.86. The summed E-state index contributed by atoms with van der Waals surface area (Å²) in [6.45, 7) is 3.13. The Hall–Kier alpha value is -3.81. The third kappa shape index (κ3) is 4.60. The minimum absolute atomic E-state index is 0.0679. The van der Waals surface area contributed by atoms with Crippen LogP contribution in [0.4, 0.5) is 5.69 Å². The molecule has 0 aliphatic carbocycles. The van der Waals surface area contributed by atoms with Gasteiger partial charge in [-0.3, -0.25) is 15.0 Å². The van der Waals surface area contributed by atoms with E-state index in [1.807, 2.05) is 6.07 Å². The van der Waals surface area contributed by atoms with Crippen molar-refractivity contribution in [1.82, 2.24) is 5.43 Å². The maximum atomic E-state index is 12.8. The van der Waals surface area contributed by atoms with Gasteiger partial charge in [0.2, 0.25) is 0 Å². The standard InChI is InChI=1S/C22H22N2O6/c1-14(2)30-19(25)13-29-20-15(8-7-11-18(20)28-3)12-17-21(26)23-24(22(17)27)16-9-5-4-6-10-16/h4-12,14H,13H2,1-3H3,(H,23,26)/b17-12-. The number of para-hydroxylation sites is 2. The SMILES string of the molecule is COc1cccc(/C=C2/C(=O)NN(c3ccccc3)C2=O)c1OCC(=O)OC(C)C. The van der Waals surface area contributed by atoms with Gasteiger partial charge in [-0.1, -0.05) is 30.3 Å². The number of hydrazine groups is 1. The van der Waals surface area contributed by atoms with Crippen LogP contribution in [0.5, 0.6) is 11.5 Å². The van der Waals surface area contributed by atoms with Gasteiger partial charge in [0, 0.05) is 5.56 Å². The summed E-state index contributed by atoms with van der Waals surface area (Å²) < 4.78 is 16.0. The first-order valence-electron chi connectivity index (χ1n) is 9.32. The van der Waals surface area contributed by atoms with Crippen LogP contribution < -0.4 is 19.9 Å². The summed E-state index contributed by atoms with van der Waals surface area (Å²) in [6, 6.07) is 13.8. The summed E-state index contributed by atoms with van der Waals surface area (Å²) in [5.74, 6) is -1.00. The molecule has 2 amide bonds. The Balaban J connectivity index is 1.90. The Bertz CT molecular complexity index is 984. The van der Waals surface area contributed by atoms with Gasteiger partial charge in [-0.15, -0.1) is 0 Å². The van der Waals surface area contributed by atoms with Crippen LogP contribution >= 0.6 is 0 Å². The molecule has 8 heteroatoms. The topological polar surface area (TPSA) is 94.2 Å². The van der Waals surface area contributed by atoms with Crippen LogP contribution in [0.15, 0.2) is 54.1 Å². The first-order chi connectivity index (χ1) is 14.4. The molecule has 1 heterocycles. The highest BCUT2D eigenvalue weighted by Crippen LogP contribution is 2.33. The highest BCUT2D eigenvalue weighted by Gasteiger charge is 2.34. The number of anilines is 1. The molecule has 1 aliphatic rings. The monoisotopic (exact) mass is 410 g/mol. The van der Waals surface area contributed by atoms with E-state index < -0.39 is 17.8 Å². The molecule has 1 fully saturated rings. The lowest BCUT2D eigenvalue weighted by Crippen LogP contribution is -2.35. The lowest BCUT2D eigenvalue weighted by molar-refractivity contribution is -0.149. The van der Waals surface area contributed by atoms with E-state index in [1.54, 1.807) is 56.3 Å². The maximum Gasteiger partial charge on any atom is 0.344 e. The highest BCUT2D eigenvalue weighted by atomic mass is 16.6. The van der Waals surface area contributed by atoms with E-state index >= 15 is 0 Å². The molecule has 0 atom stereocenters. The number of nitrogens with zero attached hydrogens (tertiary/aromatic N) is 1. The van der Waals surface area contributed by atoms with Crippen LogP contribution in [0, 0.1) is 0 Å². The van der Waals surface area contributed by atoms with Gasteiger partial charge in [0.05, 0.1) is 18.9 Å². The zero-order valence-electron chi connectivity index (χ0n) is 16.9.